The van der Waals surface area contributed by atoms with Gasteiger partial charge in [-0.05, 0) is 43.5 Å². The Bertz CT molecular complexity index is 581. The lowest BCUT2D eigenvalue weighted by Gasteiger charge is -2.08. The van der Waals surface area contributed by atoms with Crippen molar-refractivity contribution >= 4 is 17.9 Å². The average Bonchev–Trinajstić information content (AvgIpc) is 3.37. The molecule has 2 N–H and O–H groups in total. The minimum Gasteiger partial charge on any atom is -0.484 e. The van der Waals surface area contributed by atoms with Crippen LogP contribution in [0.15, 0.2) is 24.3 Å². The van der Waals surface area contributed by atoms with Crippen LogP contribution in [0.25, 0.3) is 0 Å². The fraction of sp³-hybridized carbons (Fsp3) is 0.471. The van der Waals surface area contributed by atoms with Crippen molar-refractivity contribution in [3.63, 3.8) is 0 Å². The van der Waals surface area contributed by atoms with E-state index in [9.17, 15) is 14.4 Å². The van der Waals surface area contributed by atoms with Crippen LogP contribution in [0.2, 0.25) is 0 Å². The second-order valence-corrected chi connectivity index (χ2v) is 5.60. The summed E-state index contributed by atoms with van der Waals surface area (Å²) in [6.07, 6.45) is 3.69. The van der Waals surface area contributed by atoms with Gasteiger partial charge in [0, 0.05) is 6.04 Å². The van der Waals surface area contributed by atoms with E-state index >= 15 is 0 Å². The van der Waals surface area contributed by atoms with Crippen molar-refractivity contribution in [2.45, 2.75) is 38.6 Å². The molecule has 130 valence electrons. The van der Waals surface area contributed by atoms with Crippen molar-refractivity contribution in [1.29, 1.82) is 0 Å². The molecule has 1 saturated carbocycles. The molecule has 1 fully saturated rings. The molecule has 0 aromatic heterocycles. The van der Waals surface area contributed by atoms with Gasteiger partial charge in [0.2, 0.25) is 0 Å². The normalized spacial score (nSPS) is 13.0. The molecule has 3 amide bonds. The smallest absolute Gasteiger partial charge is 0.338 e. The Morgan fingerprint density at radius 1 is 1.17 bits per heavy atom. The van der Waals surface area contributed by atoms with Gasteiger partial charge in [0.15, 0.2) is 6.61 Å². The number of nitrogens with one attached hydrogen (secondary N) is 2. The van der Waals surface area contributed by atoms with E-state index in [2.05, 4.69) is 10.6 Å². The molecule has 0 radical (unpaired) electrons. The van der Waals surface area contributed by atoms with Gasteiger partial charge in [-0.3, -0.25) is 10.1 Å². The van der Waals surface area contributed by atoms with Gasteiger partial charge in [0.25, 0.3) is 5.91 Å². The van der Waals surface area contributed by atoms with E-state index in [1.807, 2.05) is 6.92 Å². The minimum absolute atomic E-state index is 0.184. The highest BCUT2D eigenvalue weighted by Crippen LogP contribution is 2.18. The molecule has 0 unspecified atom stereocenters. The van der Waals surface area contributed by atoms with Crippen molar-refractivity contribution in [3.05, 3.63) is 29.8 Å². The Hall–Kier alpha value is -2.57. The van der Waals surface area contributed by atoms with Crippen LogP contribution in [0.1, 0.15) is 43.0 Å². The monoisotopic (exact) mass is 334 g/mol. The summed E-state index contributed by atoms with van der Waals surface area (Å²) in [6.45, 7) is 2.14. The Labute approximate surface area is 140 Å². The van der Waals surface area contributed by atoms with Crippen LogP contribution in [-0.4, -0.2) is 37.2 Å². The van der Waals surface area contributed by atoms with Crippen molar-refractivity contribution < 1.29 is 23.9 Å². The maximum atomic E-state index is 11.7. The first-order valence-electron chi connectivity index (χ1n) is 8.09. The molecular formula is C17H22N2O5. The zero-order chi connectivity index (χ0) is 17.4. The van der Waals surface area contributed by atoms with Gasteiger partial charge in [0.05, 0.1) is 12.2 Å². The maximum Gasteiger partial charge on any atom is 0.338 e. The molecular weight excluding hydrogens is 312 g/mol. The molecule has 0 spiro atoms. The highest BCUT2D eigenvalue weighted by atomic mass is 16.5. The molecule has 7 nitrogen and oxygen atoms in total. The molecule has 24 heavy (non-hydrogen) atoms. The molecule has 0 atom stereocenters. The summed E-state index contributed by atoms with van der Waals surface area (Å²) in [7, 11) is 0. The predicted molar refractivity (Wildman–Crippen MR) is 86.8 cm³/mol. The fourth-order valence-corrected chi connectivity index (χ4v) is 1.84. The molecule has 1 aromatic carbocycles. The average molecular weight is 334 g/mol. The zero-order valence-electron chi connectivity index (χ0n) is 13.7. The number of unbranched alkanes of at least 4 members (excludes halogenated alkanes) is 1. The lowest BCUT2D eigenvalue weighted by molar-refractivity contribution is -0.122. The molecule has 1 aromatic rings. The van der Waals surface area contributed by atoms with Crippen LogP contribution in [0.5, 0.6) is 5.75 Å². The molecule has 1 aliphatic carbocycles. The number of amides is 3. The van der Waals surface area contributed by atoms with Crippen LogP contribution in [0.4, 0.5) is 4.79 Å². The predicted octanol–water partition coefficient (Wildman–Crippen LogP) is 2.01. The first-order chi connectivity index (χ1) is 11.6. The third-order valence-corrected chi connectivity index (χ3v) is 3.36. The van der Waals surface area contributed by atoms with Gasteiger partial charge < -0.3 is 14.8 Å². The molecule has 1 aliphatic rings. The number of imide groups is 1. The van der Waals surface area contributed by atoms with Gasteiger partial charge >= 0.3 is 12.0 Å². The topological polar surface area (TPSA) is 93.7 Å². The third kappa shape index (κ3) is 6.28. The second kappa shape index (κ2) is 8.90. The lowest BCUT2D eigenvalue weighted by Crippen LogP contribution is -2.42. The van der Waals surface area contributed by atoms with E-state index in [1.54, 1.807) is 24.3 Å². The quantitative estimate of drug-likeness (QED) is 0.560. The number of ether oxygens (including phenoxy) is 2. The molecule has 2 rings (SSSR count). The standard InChI is InChI=1S/C17H22N2O5/c1-2-3-10-23-16(21)12-4-8-14(9-5-12)24-11-15(20)19-17(22)18-13-6-7-13/h4-5,8-9,13H,2-3,6-7,10-11H2,1H3,(H2,18,19,20,22). The van der Waals surface area contributed by atoms with Gasteiger partial charge in [-0.15, -0.1) is 0 Å². The van der Waals surface area contributed by atoms with Crippen LogP contribution >= 0.6 is 0 Å². The zero-order valence-corrected chi connectivity index (χ0v) is 13.7. The van der Waals surface area contributed by atoms with Crippen LogP contribution in [-0.2, 0) is 9.53 Å². The number of urea groups is 1. The van der Waals surface area contributed by atoms with Crippen molar-refractivity contribution in [2.75, 3.05) is 13.2 Å². The number of hydrogen-bond acceptors (Lipinski definition) is 5. The van der Waals surface area contributed by atoms with Gasteiger partial charge in [-0.2, -0.15) is 0 Å². The minimum atomic E-state index is -0.531. The van der Waals surface area contributed by atoms with Gasteiger partial charge in [0.1, 0.15) is 5.75 Å². The molecule has 0 saturated heterocycles. The van der Waals surface area contributed by atoms with Gasteiger partial charge in [-0.25, -0.2) is 9.59 Å². The van der Waals surface area contributed by atoms with E-state index in [1.165, 1.54) is 0 Å². The van der Waals surface area contributed by atoms with E-state index in [0.29, 0.717) is 17.9 Å². The van der Waals surface area contributed by atoms with Gasteiger partial charge in [-0.1, -0.05) is 13.3 Å². The number of benzene rings is 1. The van der Waals surface area contributed by atoms with E-state index in [-0.39, 0.29) is 18.6 Å². The summed E-state index contributed by atoms with van der Waals surface area (Å²) < 4.78 is 10.4. The summed E-state index contributed by atoms with van der Waals surface area (Å²) in [5, 5.41) is 4.84. The SMILES string of the molecule is CCCCOC(=O)c1ccc(OCC(=O)NC(=O)NC2CC2)cc1. The molecule has 0 aliphatic heterocycles. The molecule has 7 heteroatoms. The summed E-state index contributed by atoms with van der Waals surface area (Å²) in [5.74, 6) is -0.487. The van der Waals surface area contributed by atoms with Crippen LogP contribution in [0.3, 0.4) is 0 Å². The Balaban J connectivity index is 1.71. The maximum absolute atomic E-state index is 11.7. The van der Waals surface area contributed by atoms with E-state index in [0.717, 1.165) is 25.7 Å². The number of rotatable bonds is 8. The van der Waals surface area contributed by atoms with Crippen molar-refractivity contribution in [2.24, 2.45) is 0 Å². The Morgan fingerprint density at radius 2 is 1.88 bits per heavy atom. The lowest BCUT2D eigenvalue weighted by atomic mass is 10.2. The fourth-order valence-electron chi connectivity index (χ4n) is 1.84. The van der Waals surface area contributed by atoms with E-state index < -0.39 is 11.9 Å². The van der Waals surface area contributed by atoms with Crippen molar-refractivity contribution in [1.82, 2.24) is 10.6 Å². The Morgan fingerprint density at radius 3 is 2.50 bits per heavy atom. The third-order valence-electron chi connectivity index (χ3n) is 3.36. The highest BCUT2D eigenvalue weighted by Gasteiger charge is 2.23. The number of carbonyl (C=O) groups is 3. The van der Waals surface area contributed by atoms with Crippen LogP contribution in [0, 0.1) is 0 Å². The van der Waals surface area contributed by atoms with E-state index in [4.69, 9.17) is 9.47 Å². The summed E-state index contributed by atoms with van der Waals surface area (Å²) in [5.41, 5.74) is 0.423. The number of esters is 1. The largest absolute Gasteiger partial charge is 0.484 e. The summed E-state index contributed by atoms with van der Waals surface area (Å²) in [4.78, 5) is 34.7. The number of hydrogen-bond donors (Lipinski definition) is 2. The number of carbonyl (C=O) groups excluding carboxylic acids is 3. The Kier molecular flexibility index (Phi) is 6.60. The summed E-state index contributed by atoms with van der Waals surface area (Å²) in [6, 6.07) is 5.98. The first-order valence-corrected chi connectivity index (χ1v) is 8.09. The summed E-state index contributed by atoms with van der Waals surface area (Å²) >= 11 is 0. The highest BCUT2D eigenvalue weighted by molar-refractivity contribution is 5.95. The van der Waals surface area contributed by atoms with Crippen LogP contribution < -0.4 is 15.4 Å². The van der Waals surface area contributed by atoms with Crippen molar-refractivity contribution in [3.8, 4) is 5.75 Å². The second-order valence-electron chi connectivity index (χ2n) is 5.60. The molecule has 0 bridgehead atoms. The molecule has 0 heterocycles. The first kappa shape index (κ1) is 17.8.